The normalized spacial score (nSPS) is 35.9. The van der Waals surface area contributed by atoms with E-state index in [1.54, 1.807) is 24.3 Å². The summed E-state index contributed by atoms with van der Waals surface area (Å²) in [7, 11) is 0. The van der Waals surface area contributed by atoms with Crippen molar-refractivity contribution in [2.45, 2.75) is 87.8 Å². The highest BCUT2D eigenvalue weighted by molar-refractivity contribution is 6.02. The largest absolute Gasteiger partial charge is 0.507 e. The Balaban J connectivity index is 1.27. The molecule has 0 spiro atoms. The van der Waals surface area contributed by atoms with Crippen molar-refractivity contribution in [1.82, 2.24) is 0 Å². The Labute approximate surface area is 245 Å². The second-order valence-electron chi connectivity index (χ2n) is 10.7. The van der Waals surface area contributed by atoms with E-state index in [1.165, 1.54) is 13.0 Å². The van der Waals surface area contributed by atoms with E-state index in [0.717, 1.165) is 18.6 Å². The van der Waals surface area contributed by atoms with Crippen LogP contribution in [0.2, 0.25) is 0 Å². The first-order valence-corrected chi connectivity index (χ1v) is 13.7. The fourth-order valence-electron chi connectivity index (χ4n) is 5.31. The van der Waals surface area contributed by atoms with Gasteiger partial charge < -0.3 is 59.1 Å². The molecular formula is C29H34O14. The van der Waals surface area contributed by atoms with E-state index in [4.69, 9.17) is 28.4 Å². The molecule has 1 unspecified atom stereocenters. The van der Waals surface area contributed by atoms with Crippen LogP contribution in [0.5, 0.6) is 17.2 Å². The van der Waals surface area contributed by atoms with Crippen LogP contribution in [0.4, 0.5) is 0 Å². The van der Waals surface area contributed by atoms with E-state index in [9.17, 15) is 40.2 Å². The number of Topliss-reactive ketones (excluding diaryl/α,β-unsaturated/α-hetero) is 1. The molecule has 0 amide bonds. The number of benzene rings is 2. The minimum atomic E-state index is -1.76. The maximum atomic E-state index is 12.8. The molecule has 3 heterocycles. The van der Waals surface area contributed by atoms with Gasteiger partial charge in [0.1, 0.15) is 65.5 Å². The first-order chi connectivity index (χ1) is 20.4. The fraction of sp³-hybridized carbons (Fsp3) is 0.517. The molecule has 0 bridgehead atoms. The summed E-state index contributed by atoms with van der Waals surface area (Å²) in [5, 5.41) is 63.0. The van der Waals surface area contributed by atoms with Crippen LogP contribution in [0.25, 0.3) is 0 Å². The predicted octanol–water partition coefficient (Wildman–Crippen LogP) is -0.300. The van der Waals surface area contributed by atoms with Gasteiger partial charge in [-0.05, 0) is 12.5 Å². The maximum Gasteiger partial charge on any atom is 0.303 e. The zero-order chi connectivity index (χ0) is 31.0. The second kappa shape index (κ2) is 12.7. The Kier molecular flexibility index (Phi) is 9.20. The summed E-state index contributed by atoms with van der Waals surface area (Å²) in [6.45, 7) is 2.16. The summed E-state index contributed by atoms with van der Waals surface area (Å²) in [6.07, 6.45) is -15.2. The average molecular weight is 607 g/mol. The molecule has 0 saturated carbocycles. The summed E-state index contributed by atoms with van der Waals surface area (Å²) in [5.74, 6) is -1.45. The van der Waals surface area contributed by atoms with Crippen molar-refractivity contribution in [3.05, 3.63) is 53.6 Å². The number of aromatic hydroxyl groups is 1. The molecular weight excluding hydrogens is 572 g/mol. The molecule has 2 saturated heterocycles. The van der Waals surface area contributed by atoms with E-state index in [1.807, 2.05) is 6.07 Å². The van der Waals surface area contributed by atoms with E-state index in [-0.39, 0.29) is 29.3 Å². The molecule has 3 aliphatic rings. The Morgan fingerprint density at radius 1 is 0.930 bits per heavy atom. The highest BCUT2D eigenvalue weighted by Crippen LogP contribution is 2.42. The number of ketones is 1. The Morgan fingerprint density at radius 3 is 2.33 bits per heavy atom. The van der Waals surface area contributed by atoms with Gasteiger partial charge in [-0.15, -0.1) is 0 Å². The lowest BCUT2D eigenvalue weighted by Crippen LogP contribution is -2.62. The van der Waals surface area contributed by atoms with Crippen LogP contribution in [-0.2, 0) is 23.7 Å². The van der Waals surface area contributed by atoms with Crippen molar-refractivity contribution in [1.29, 1.82) is 0 Å². The molecule has 5 rings (SSSR count). The number of hydrogen-bond acceptors (Lipinski definition) is 14. The molecule has 2 fully saturated rings. The van der Waals surface area contributed by atoms with Gasteiger partial charge in [-0.2, -0.15) is 0 Å². The smallest absolute Gasteiger partial charge is 0.303 e. The number of fused-ring (bicyclic) bond motifs is 1. The van der Waals surface area contributed by atoms with Crippen molar-refractivity contribution in [2.75, 3.05) is 6.61 Å². The predicted molar refractivity (Wildman–Crippen MR) is 142 cm³/mol. The zero-order valence-electron chi connectivity index (χ0n) is 23.3. The van der Waals surface area contributed by atoms with Crippen molar-refractivity contribution in [2.24, 2.45) is 0 Å². The molecule has 2 aromatic carbocycles. The Morgan fingerprint density at radius 2 is 1.63 bits per heavy atom. The fourth-order valence-corrected chi connectivity index (χ4v) is 5.31. The summed E-state index contributed by atoms with van der Waals surface area (Å²) >= 11 is 0. The number of phenolic OH excluding ortho intramolecular Hbond substituents is 1. The zero-order valence-corrected chi connectivity index (χ0v) is 23.3. The summed E-state index contributed by atoms with van der Waals surface area (Å²) in [5.41, 5.74) is 0.735. The quantitative estimate of drug-likeness (QED) is 0.224. The summed E-state index contributed by atoms with van der Waals surface area (Å²) in [6, 6.07) is 11.5. The third kappa shape index (κ3) is 6.46. The maximum absolute atomic E-state index is 12.8. The third-order valence-corrected chi connectivity index (χ3v) is 7.57. The summed E-state index contributed by atoms with van der Waals surface area (Å²) < 4.78 is 33.5. The molecule has 2 aromatic rings. The molecule has 14 nitrogen and oxygen atoms in total. The van der Waals surface area contributed by atoms with Gasteiger partial charge in [-0.25, -0.2) is 0 Å². The van der Waals surface area contributed by atoms with Crippen LogP contribution in [-0.4, -0.2) is 110 Å². The molecule has 3 aliphatic heterocycles. The third-order valence-electron chi connectivity index (χ3n) is 7.57. The average Bonchev–Trinajstić information content (AvgIpc) is 2.97. The molecule has 6 N–H and O–H groups in total. The van der Waals surface area contributed by atoms with Crippen LogP contribution in [0, 0.1) is 0 Å². The van der Waals surface area contributed by atoms with Crippen LogP contribution in [0.15, 0.2) is 42.5 Å². The van der Waals surface area contributed by atoms with Gasteiger partial charge in [0.05, 0.1) is 19.1 Å². The van der Waals surface area contributed by atoms with Gasteiger partial charge in [-0.3, -0.25) is 9.59 Å². The van der Waals surface area contributed by atoms with E-state index in [2.05, 4.69) is 0 Å². The van der Waals surface area contributed by atoms with Crippen LogP contribution >= 0.6 is 0 Å². The van der Waals surface area contributed by atoms with Crippen molar-refractivity contribution in [3.8, 4) is 17.2 Å². The van der Waals surface area contributed by atoms with E-state index < -0.39 is 85.8 Å². The van der Waals surface area contributed by atoms with E-state index >= 15 is 0 Å². The van der Waals surface area contributed by atoms with Gasteiger partial charge in [0.25, 0.3) is 0 Å². The van der Waals surface area contributed by atoms with Crippen LogP contribution in [0.3, 0.4) is 0 Å². The van der Waals surface area contributed by atoms with Gasteiger partial charge in [0.2, 0.25) is 6.29 Å². The lowest BCUT2D eigenvalue weighted by atomic mass is 9.95. The summed E-state index contributed by atoms with van der Waals surface area (Å²) in [4.78, 5) is 24.1. The van der Waals surface area contributed by atoms with Crippen molar-refractivity contribution >= 4 is 11.8 Å². The monoisotopic (exact) mass is 606 g/mol. The van der Waals surface area contributed by atoms with Crippen molar-refractivity contribution < 1.29 is 68.6 Å². The molecule has 0 radical (unpaired) electrons. The lowest BCUT2D eigenvalue weighted by molar-refractivity contribution is -0.319. The van der Waals surface area contributed by atoms with Gasteiger partial charge in [0.15, 0.2) is 18.2 Å². The Bertz CT molecular complexity index is 1300. The van der Waals surface area contributed by atoms with E-state index in [0.29, 0.717) is 0 Å². The number of carbonyl (C=O) groups excluding carboxylic acids is 2. The minimum Gasteiger partial charge on any atom is -0.507 e. The number of hydrogen-bond donors (Lipinski definition) is 6. The number of rotatable bonds is 7. The number of phenols is 1. The van der Waals surface area contributed by atoms with Gasteiger partial charge >= 0.3 is 5.97 Å². The van der Waals surface area contributed by atoms with Gasteiger partial charge in [-0.1, -0.05) is 30.3 Å². The molecule has 0 aromatic heterocycles. The standard InChI is InChI=1S/C29H34O14/c1-12-27(40-13(2)30)24(35)26(37)28(39-12)38-11-20-22(33)23(34)25(36)29(43-20)41-15-8-16(31)21-17(32)10-18(42-19(21)9-15)14-6-4-3-5-7-14/h3-9,12,18,20,22-29,31,33-37H,10-11H2,1-2H3/t12-,18?,20+,22+,23-,24-,25+,26+,27-,28+,29+/m0/s1. The molecule has 0 aliphatic carbocycles. The second-order valence-corrected chi connectivity index (χ2v) is 10.7. The number of aliphatic hydroxyl groups excluding tert-OH is 5. The van der Waals surface area contributed by atoms with Gasteiger partial charge in [0, 0.05) is 19.1 Å². The number of aliphatic hydroxyl groups is 5. The number of carbonyl (C=O) groups is 2. The Hall–Kier alpha value is -3.34. The molecule has 11 atom stereocenters. The minimum absolute atomic E-state index is 0.0145. The molecule has 14 heteroatoms. The lowest BCUT2D eigenvalue weighted by Gasteiger charge is -2.43. The van der Waals surface area contributed by atoms with Crippen molar-refractivity contribution in [3.63, 3.8) is 0 Å². The highest BCUT2D eigenvalue weighted by Gasteiger charge is 2.48. The SMILES string of the molecule is CC(=O)O[C@@H]1[C@@H](O)[C@@H](O)[C@H](OC[C@H]2O[C@@H](Oc3cc(O)c4c(c3)OC(c3ccccc3)CC4=O)[C@H](O)[C@@H](O)[C@@H]2O)O[C@H]1C. The van der Waals surface area contributed by atoms with Crippen LogP contribution < -0.4 is 9.47 Å². The topological polar surface area (TPSA) is 211 Å². The molecule has 234 valence electrons. The first-order valence-electron chi connectivity index (χ1n) is 13.7. The number of ether oxygens (including phenoxy) is 6. The molecule has 43 heavy (non-hydrogen) atoms. The van der Waals surface area contributed by atoms with Crippen LogP contribution in [0.1, 0.15) is 42.3 Å². The highest BCUT2D eigenvalue weighted by atomic mass is 16.7. The first kappa shape index (κ1) is 31.1. The number of esters is 1.